The van der Waals surface area contributed by atoms with E-state index in [0.29, 0.717) is 18.0 Å². The van der Waals surface area contributed by atoms with Crippen LogP contribution < -0.4 is 20.2 Å². The summed E-state index contributed by atoms with van der Waals surface area (Å²) in [5.41, 5.74) is 4.17. The second-order valence-electron chi connectivity index (χ2n) is 6.09. The molecule has 0 unspecified atom stereocenters. The van der Waals surface area contributed by atoms with E-state index >= 15 is 0 Å². The Hall–Kier alpha value is -3.35. The van der Waals surface area contributed by atoms with Crippen LogP contribution in [0.2, 0.25) is 0 Å². The Morgan fingerprint density at radius 1 is 1.15 bits per heavy atom. The molecule has 2 aromatic rings. The molecule has 2 amide bonds. The summed E-state index contributed by atoms with van der Waals surface area (Å²) >= 11 is 0. The average Bonchev–Trinajstić information content (AvgIpc) is 3.28. The van der Waals surface area contributed by atoms with E-state index in [9.17, 15) is 9.59 Å². The molecule has 0 saturated carbocycles. The lowest BCUT2D eigenvalue weighted by molar-refractivity contribution is -0.133. The van der Waals surface area contributed by atoms with Crippen LogP contribution >= 0.6 is 0 Å². The van der Waals surface area contributed by atoms with E-state index in [2.05, 4.69) is 15.8 Å². The molecule has 7 heteroatoms. The quantitative estimate of drug-likeness (QED) is 0.495. The van der Waals surface area contributed by atoms with Crippen molar-refractivity contribution in [2.75, 3.05) is 13.3 Å². The number of carbonyl (C=O) groups is 2. The number of hydrogen-bond donors (Lipinski definition) is 2. The molecule has 1 saturated heterocycles. The lowest BCUT2D eigenvalue weighted by Gasteiger charge is -2.15. The maximum atomic E-state index is 12.5. The molecular formula is C19H17N3O4. The van der Waals surface area contributed by atoms with Gasteiger partial charge in [0.2, 0.25) is 12.7 Å². The van der Waals surface area contributed by atoms with Crippen LogP contribution in [0.15, 0.2) is 53.6 Å². The predicted octanol–water partition coefficient (Wildman–Crippen LogP) is 1.40. The zero-order valence-electron chi connectivity index (χ0n) is 13.8. The third kappa shape index (κ3) is 3.11. The molecule has 0 bridgehead atoms. The number of nitrogens with one attached hydrogen (secondary N) is 2. The zero-order valence-corrected chi connectivity index (χ0v) is 13.8. The Balaban J connectivity index is 1.44. The second kappa shape index (κ2) is 6.87. The van der Waals surface area contributed by atoms with Crippen molar-refractivity contribution >= 4 is 18.0 Å². The Morgan fingerprint density at radius 2 is 1.96 bits per heavy atom. The van der Waals surface area contributed by atoms with Crippen LogP contribution in [-0.2, 0) is 9.59 Å². The first-order chi connectivity index (χ1) is 12.7. The molecule has 2 aliphatic heterocycles. The smallest absolute Gasteiger partial charge is 0.253 e. The molecule has 0 spiro atoms. The number of ether oxygens (including phenoxy) is 2. The molecule has 2 heterocycles. The standard InChI is InChI=1S/C19H17N3O4/c23-18-17(14(10-20-18)13-4-2-1-3-5-13)19(24)22-21-9-12-6-7-15-16(8-12)26-11-25-15/h1-9,14,17H,10-11H2,(H,20,23)(H,22,24)/b21-9+/t14-,17+/m1/s1. The minimum atomic E-state index is -0.800. The van der Waals surface area contributed by atoms with E-state index in [4.69, 9.17) is 9.47 Å². The van der Waals surface area contributed by atoms with Crippen LogP contribution in [0.4, 0.5) is 0 Å². The highest BCUT2D eigenvalue weighted by atomic mass is 16.7. The number of hydrazone groups is 1. The molecule has 1 fully saturated rings. The first-order valence-electron chi connectivity index (χ1n) is 8.27. The SMILES string of the molecule is O=C1NC[C@H](c2ccccc2)[C@@H]1C(=O)N/N=C/c1ccc2c(c1)OCO2. The maximum absolute atomic E-state index is 12.5. The molecule has 26 heavy (non-hydrogen) atoms. The second-order valence-corrected chi connectivity index (χ2v) is 6.09. The van der Waals surface area contributed by atoms with Crippen molar-refractivity contribution in [2.45, 2.75) is 5.92 Å². The molecule has 2 aliphatic rings. The lowest BCUT2D eigenvalue weighted by Crippen LogP contribution is -2.34. The lowest BCUT2D eigenvalue weighted by atomic mass is 9.88. The van der Waals surface area contributed by atoms with Crippen LogP contribution in [-0.4, -0.2) is 31.4 Å². The monoisotopic (exact) mass is 351 g/mol. The van der Waals surface area contributed by atoms with Gasteiger partial charge in [0, 0.05) is 12.5 Å². The number of benzene rings is 2. The topological polar surface area (TPSA) is 89.0 Å². The molecule has 2 aromatic carbocycles. The van der Waals surface area contributed by atoms with Crippen molar-refractivity contribution in [2.24, 2.45) is 11.0 Å². The molecule has 2 N–H and O–H groups in total. The van der Waals surface area contributed by atoms with E-state index in [1.165, 1.54) is 6.21 Å². The van der Waals surface area contributed by atoms with Crippen molar-refractivity contribution in [1.29, 1.82) is 0 Å². The highest BCUT2D eigenvalue weighted by molar-refractivity contribution is 6.03. The summed E-state index contributed by atoms with van der Waals surface area (Å²) in [7, 11) is 0. The van der Waals surface area contributed by atoms with Gasteiger partial charge in [0.25, 0.3) is 5.91 Å². The third-order valence-electron chi connectivity index (χ3n) is 4.48. The van der Waals surface area contributed by atoms with Gasteiger partial charge in [-0.1, -0.05) is 30.3 Å². The van der Waals surface area contributed by atoms with Gasteiger partial charge in [0.15, 0.2) is 11.5 Å². The van der Waals surface area contributed by atoms with Crippen molar-refractivity contribution in [3.8, 4) is 11.5 Å². The van der Waals surface area contributed by atoms with Gasteiger partial charge in [-0.05, 0) is 29.3 Å². The van der Waals surface area contributed by atoms with Gasteiger partial charge in [-0.2, -0.15) is 5.10 Å². The van der Waals surface area contributed by atoms with Gasteiger partial charge < -0.3 is 14.8 Å². The molecule has 0 aromatic heterocycles. The summed E-state index contributed by atoms with van der Waals surface area (Å²) in [4.78, 5) is 24.6. The van der Waals surface area contributed by atoms with E-state index in [1.54, 1.807) is 18.2 Å². The third-order valence-corrected chi connectivity index (χ3v) is 4.48. The Morgan fingerprint density at radius 3 is 2.81 bits per heavy atom. The van der Waals surface area contributed by atoms with Gasteiger partial charge in [-0.25, -0.2) is 5.43 Å². The Labute approximate surface area is 150 Å². The van der Waals surface area contributed by atoms with Crippen molar-refractivity contribution in [3.05, 3.63) is 59.7 Å². The fourth-order valence-corrected chi connectivity index (χ4v) is 3.17. The number of hydrogen-bond acceptors (Lipinski definition) is 5. The summed E-state index contributed by atoms with van der Waals surface area (Å²) in [6.07, 6.45) is 1.50. The number of fused-ring (bicyclic) bond motifs is 1. The molecule has 2 atom stereocenters. The van der Waals surface area contributed by atoms with Crippen LogP contribution in [0.3, 0.4) is 0 Å². The summed E-state index contributed by atoms with van der Waals surface area (Å²) in [6.45, 7) is 0.636. The predicted molar refractivity (Wildman–Crippen MR) is 94.0 cm³/mol. The summed E-state index contributed by atoms with van der Waals surface area (Å²) in [6, 6.07) is 14.9. The fraction of sp³-hybridized carbons (Fsp3) is 0.211. The minimum absolute atomic E-state index is 0.199. The molecule has 4 rings (SSSR count). The summed E-state index contributed by atoms with van der Waals surface area (Å²) in [5, 5.41) is 6.73. The molecule has 0 aliphatic carbocycles. The molecular weight excluding hydrogens is 334 g/mol. The van der Waals surface area contributed by atoms with Crippen molar-refractivity contribution < 1.29 is 19.1 Å². The Bertz CT molecular complexity index is 866. The minimum Gasteiger partial charge on any atom is -0.454 e. The van der Waals surface area contributed by atoms with E-state index < -0.39 is 11.8 Å². The van der Waals surface area contributed by atoms with Crippen LogP contribution in [0, 0.1) is 5.92 Å². The zero-order chi connectivity index (χ0) is 17.9. The van der Waals surface area contributed by atoms with E-state index in [-0.39, 0.29) is 18.6 Å². The first kappa shape index (κ1) is 16.1. The van der Waals surface area contributed by atoms with Gasteiger partial charge in [-0.3, -0.25) is 9.59 Å². The summed E-state index contributed by atoms with van der Waals surface area (Å²) in [5.74, 6) is -0.393. The molecule has 0 radical (unpaired) electrons. The van der Waals surface area contributed by atoms with E-state index in [0.717, 1.165) is 11.1 Å². The molecule has 132 valence electrons. The average molecular weight is 351 g/mol. The number of rotatable bonds is 4. The highest BCUT2D eigenvalue weighted by Crippen LogP contribution is 2.32. The van der Waals surface area contributed by atoms with Crippen molar-refractivity contribution in [1.82, 2.24) is 10.7 Å². The highest BCUT2D eigenvalue weighted by Gasteiger charge is 2.40. The molecule has 7 nitrogen and oxygen atoms in total. The van der Waals surface area contributed by atoms with Gasteiger partial charge >= 0.3 is 0 Å². The normalized spacial score (nSPS) is 21.0. The van der Waals surface area contributed by atoms with Crippen LogP contribution in [0.1, 0.15) is 17.0 Å². The van der Waals surface area contributed by atoms with Gasteiger partial charge in [0.05, 0.1) is 6.21 Å². The number of carbonyl (C=O) groups excluding carboxylic acids is 2. The largest absolute Gasteiger partial charge is 0.454 e. The first-order valence-corrected chi connectivity index (χ1v) is 8.27. The van der Waals surface area contributed by atoms with Crippen LogP contribution in [0.5, 0.6) is 11.5 Å². The van der Waals surface area contributed by atoms with Crippen molar-refractivity contribution in [3.63, 3.8) is 0 Å². The maximum Gasteiger partial charge on any atom is 0.253 e. The van der Waals surface area contributed by atoms with E-state index in [1.807, 2.05) is 30.3 Å². The van der Waals surface area contributed by atoms with Crippen LogP contribution in [0.25, 0.3) is 0 Å². The van der Waals surface area contributed by atoms with Gasteiger partial charge in [-0.15, -0.1) is 0 Å². The summed E-state index contributed by atoms with van der Waals surface area (Å²) < 4.78 is 10.5. The fourth-order valence-electron chi connectivity index (χ4n) is 3.17. The number of nitrogens with zero attached hydrogens (tertiary/aromatic N) is 1. The number of amides is 2. The Kier molecular flexibility index (Phi) is 4.27. The van der Waals surface area contributed by atoms with Gasteiger partial charge in [0.1, 0.15) is 5.92 Å².